The smallest absolute Gasteiger partial charge is 0.317 e. The molecule has 0 atom stereocenters. The van der Waals surface area contributed by atoms with Gasteiger partial charge in [0.15, 0.2) is 0 Å². The van der Waals surface area contributed by atoms with Crippen LogP contribution in [0.4, 0.5) is 4.79 Å². The molecule has 20 heavy (non-hydrogen) atoms. The molecule has 0 unspecified atom stereocenters. The Morgan fingerprint density at radius 3 is 2.60 bits per heavy atom. The van der Waals surface area contributed by atoms with E-state index in [0.29, 0.717) is 12.6 Å². The standard InChI is InChI=1S/C16H24N2O2/c1-13-4-6-14(7-5-13)12-17-16(20)18(15-8-9-15)10-2-3-11-19/h4-7,15,19H,2-3,8-12H2,1H3,(H,17,20). The highest BCUT2D eigenvalue weighted by Gasteiger charge is 2.31. The van der Waals surface area contributed by atoms with Crippen LogP contribution >= 0.6 is 0 Å². The lowest BCUT2D eigenvalue weighted by atomic mass is 10.1. The lowest BCUT2D eigenvalue weighted by Gasteiger charge is -2.22. The zero-order valence-electron chi connectivity index (χ0n) is 12.1. The first-order valence-corrected chi connectivity index (χ1v) is 7.41. The number of amides is 2. The quantitative estimate of drug-likeness (QED) is 0.752. The summed E-state index contributed by atoms with van der Waals surface area (Å²) in [6, 6.07) is 8.63. The van der Waals surface area contributed by atoms with E-state index in [1.807, 2.05) is 17.0 Å². The van der Waals surface area contributed by atoms with Crippen LogP contribution in [0, 0.1) is 6.92 Å². The molecule has 0 heterocycles. The van der Waals surface area contributed by atoms with Crippen molar-refractivity contribution in [3.8, 4) is 0 Å². The number of urea groups is 1. The Morgan fingerprint density at radius 2 is 2.00 bits per heavy atom. The second-order valence-electron chi connectivity index (χ2n) is 5.50. The highest BCUT2D eigenvalue weighted by Crippen LogP contribution is 2.27. The summed E-state index contributed by atoms with van der Waals surface area (Å²) < 4.78 is 0. The Labute approximate surface area is 120 Å². The van der Waals surface area contributed by atoms with Crippen molar-refractivity contribution in [2.24, 2.45) is 0 Å². The molecule has 1 saturated carbocycles. The van der Waals surface area contributed by atoms with Crippen molar-refractivity contribution in [3.05, 3.63) is 35.4 Å². The molecular formula is C16H24N2O2. The average molecular weight is 276 g/mol. The maximum absolute atomic E-state index is 12.2. The number of carbonyl (C=O) groups excluding carboxylic acids is 1. The first-order chi connectivity index (χ1) is 9.70. The normalized spacial score (nSPS) is 14.1. The Morgan fingerprint density at radius 1 is 1.30 bits per heavy atom. The van der Waals surface area contributed by atoms with E-state index in [0.717, 1.165) is 37.8 Å². The zero-order valence-corrected chi connectivity index (χ0v) is 12.1. The highest BCUT2D eigenvalue weighted by molar-refractivity contribution is 5.74. The summed E-state index contributed by atoms with van der Waals surface area (Å²) in [5.41, 5.74) is 2.35. The molecule has 0 radical (unpaired) electrons. The number of nitrogens with one attached hydrogen (secondary N) is 1. The van der Waals surface area contributed by atoms with Crippen LogP contribution in [0.3, 0.4) is 0 Å². The maximum atomic E-state index is 12.2. The Kier molecular flexibility index (Phi) is 5.41. The third-order valence-corrected chi connectivity index (χ3v) is 3.62. The molecule has 0 aliphatic heterocycles. The molecule has 2 N–H and O–H groups in total. The Hall–Kier alpha value is -1.55. The van der Waals surface area contributed by atoms with Gasteiger partial charge in [0.25, 0.3) is 0 Å². The van der Waals surface area contributed by atoms with Crippen molar-refractivity contribution in [1.29, 1.82) is 0 Å². The minimum Gasteiger partial charge on any atom is -0.396 e. The highest BCUT2D eigenvalue weighted by atomic mass is 16.3. The van der Waals surface area contributed by atoms with Crippen molar-refractivity contribution in [2.45, 2.75) is 45.2 Å². The van der Waals surface area contributed by atoms with E-state index in [4.69, 9.17) is 5.11 Å². The second-order valence-corrected chi connectivity index (χ2v) is 5.50. The van der Waals surface area contributed by atoms with Crippen molar-refractivity contribution in [3.63, 3.8) is 0 Å². The van der Waals surface area contributed by atoms with Gasteiger partial charge in [0.1, 0.15) is 0 Å². The average Bonchev–Trinajstić information content (AvgIpc) is 3.27. The van der Waals surface area contributed by atoms with Crippen LogP contribution < -0.4 is 5.32 Å². The minimum absolute atomic E-state index is 0.0195. The number of nitrogens with zero attached hydrogens (tertiary/aromatic N) is 1. The fourth-order valence-electron chi connectivity index (χ4n) is 2.22. The van der Waals surface area contributed by atoms with Gasteiger partial charge in [0, 0.05) is 25.7 Å². The van der Waals surface area contributed by atoms with Gasteiger partial charge in [0.05, 0.1) is 0 Å². The summed E-state index contributed by atoms with van der Waals surface area (Å²) >= 11 is 0. The van der Waals surface area contributed by atoms with Crippen LogP contribution in [0.15, 0.2) is 24.3 Å². The molecule has 110 valence electrons. The topological polar surface area (TPSA) is 52.6 Å². The van der Waals surface area contributed by atoms with Crippen molar-refractivity contribution in [1.82, 2.24) is 10.2 Å². The summed E-state index contributed by atoms with van der Waals surface area (Å²) in [7, 11) is 0. The van der Waals surface area contributed by atoms with Gasteiger partial charge in [-0.05, 0) is 38.2 Å². The van der Waals surface area contributed by atoms with Crippen molar-refractivity contribution < 1.29 is 9.90 Å². The fraction of sp³-hybridized carbons (Fsp3) is 0.562. The third-order valence-electron chi connectivity index (χ3n) is 3.62. The second kappa shape index (κ2) is 7.29. The first kappa shape index (κ1) is 14.9. The number of hydrogen-bond acceptors (Lipinski definition) is 2. The monoisotopic (exact) mass is 276 g/mol. The van der Waals surface area contributed by atoms with Gasteiger partial charge in [-0.2, -0.15) is 0 Å². The van der Waals surface area contributed by atoms with Crippen LogP contribution in [0.25, 0.3) is 0 Å². The number of aliphatic hydroxyl groups excluding tert-OH is 1. The van der Waals surface area contributed by atoms with Crippen LogP contribution in [-0.2, 0) is 6.54 Å². The number of carbonyl (C=O) groups is 1. The number of rotatable bonds is 7. The molecule has 0 aromatic heterocycles. The number of aliphatic hydroxyl groups is 1. The first-order valence-electron chi connectivity index (χ1n) is 7.41. The molecule has 1 fully saturated rings. The van der Waals surface area contributed by atoms with E-state index in [1.165, 1.54) is 5.56 Å². The van der Waals surface area contributed by atoms with Crippen LogP contribution in [-0.4, -0.2) is 35.2 Å². The van der Waals surface area contributed by atoms with Gasteiger partial charge in [-0.25, -0.2) is 4.79 Å². The molecular weight excluding hydrogens is 252 g/mol. The maximum Gasteiger partial charge on any atom is 0.317 e. The lowest BCUT2D eigenvalue weighted by molar-refractivity contribution is 0.190. The molecule has 0 spiro atoms. The molecule has 4 nitrogen and oxygen atoms in total. The number of hydrogen-bond donors (Lipinski definition) is 2. The molecule has 0 bridgehead atoms. The van der Waals surface area contributed by atoms with E-state index in [1.54, 1.807) is 0 Å². The summed E-state index contributed by atoms with van der Waals surface area (Å²) in [5.74, 6) is 0. The minimum atomic E-state index is 0.0195. The number of benzene rings is 1. The molecule has 0 saturated heterocycles. The summed E-state index contributed by atoms with van der Waals surface area (Å²) in [5, 5.41) is 11.8. The van der Waals surface area contributed by atoms with E-state index >= 15 is 0 Å². The SMILES string of the molecule is Cc1ccc(CNC(=O)N(CCCCO)C2CC2)cc1. The van der Waals surface area contributed by atoms with E-state index in [-0.39, 0.29) is 12.6 Å². The summed E-state index contributed by atoms with van der Waals surface area (Å²) in [6.07, 6.45) is 3.84. The molecule has 1 aromatic rings. The fourth-order valence-corrected chi connectivity index (χ4v) is 2.22. The Balaban J connectivity index is 1.80. The van der Waals surface area contributed by atoms with Crippen LogP contribution in [0.2, 0.25) is 0 Å². The van der Waals surface area contributed by atoms with Crippen molar-refractivity contribution in [2.75, 3.05) is 13.2 Å². The number of aryl methyl sites for hydroxylation is 1. The molecule has 1 aromatic carbocycles. The zero-order chi connectivity index (χ0) is 14.4. The predicted molar refractivity (Wildman–Crippen MR) is 79.5 cm³/mol. The molecule has 1 aliphatic rings. The van der Waals surface area contributed by atoms with Gasteiger partial charge < -0.3 is 15.3 Å². The van der Waals surface area contributed by atoms with Gasteiger partial charge in [-0.3, -0.25) is 0 Å². The summed E-state index contributed by atoms with van der Waals surface area (Å²) in [4.78, 5) is 14.1. The lowest BCUT2D eigenvalue weighted by Crippen LogP contribution is -2.41. The van der Waals surface area contributed by atoms with Gasteiger partial charge >= 0.3 is 6.03 Å². The molecule has 2 amide bonds. The van der Waals surface area contributed by atoms with E-state index in [9.17, 15) is 4.79 Å². The third kappa shape index (κ3) is 4.53. The summed E-state index contributed by atoms with van der Waals surface area (Å²) in [6.45, 7) is 3.56. The molecule has 2 rings (SSSR count). The predicted octanol–water partition coefficient (Wildman–Crippen LogP) is 2.44. The molecule has 4 heteroatoms. The number of unbranched alkanes of at least 4 members (excludes halogenated alkanes) is 1. The van der Waals surface area contributed by atoms with Crippen LogP contribution in [0.5, 0.6) is 0 Å². The van der Waals surface area contributed by atoms with Gasteiger partial charge in [-0.15, -0.1) is 0 Å². The van der Waals surface area contributed by atoms with Crippen molar-refractivity contribution >= 4 is 6.03 Å². The molecule has 1 aliphatic carbocycles. The van der Waals surface area contributed by atoms with Gasteiger partial charge in [-0.1, -0.05) is 29.8 Å². The van der Waals surface area contributed by atoms with Crippen LogP contribution in [0.1, 0.15) is 36.8 Å². The largest absolute Gasteiger partial charge is 0.396 e. The Bertz CT molecular complexity index is 427. The van der Waals surface area contributed by atoms with E-state index in [2.05, 4.69) is 24.4 Å². The van der Waals surface area contributed by atoms with Gasteiger partial charge in [0.2, 0.25) is 0 Å². The van der Waals surface area contributed by atoms with E-state index < -0.39 is 0 Å².